The predicted octanol–water partition coefficient (Wildman–Crippen LogP) is 1.67. The minimum absolute atomic E-state index is 0.467. The number of nitrogens with one attached hydrogen (secondary N) is 1. The summed E-state index contributed by atoms with van der Waals surface area (Å²) in [7, 11) is 1.71. The van der Waals surface area contributed by atoms with E-state index in [1.165, 1.54) is 0 Å². The van der Waals surface area contributed by atoms with Crippen molar-refractivity contribution in [2.24, 2.45) is 5.92 Å². The van der Waals surface area contributed by atoms with Crippen molar-refractivity contribution in [1.82, 2.24) is 4.98 Å². The number of pyridine rings is 1. The summed E-state index contributed by atoms with van der Waals surface area (Å²) in [6.45, 7) is 5.70. The third-order valence-electron chi connectivity index (χ3n) is 2.23. The Labute approximate surface area is 90.8 Å². The van der Waals surface area contributed by atoms with Crippen LogP contribution in [0, 0.1) is 12.8 Å². The Morgan fingerprint density at radius 3 is 2.93 bits per heavy atom. The maximum Gasteiger partial charge on any atom is 0.126 e. The zero-order valence-electron chi connectivity index (χ0n) is 9.58. The Kier molecular flexibility index (Phi) is 4.37. The molecule has 0 fully saturated rings. The number of aromatic nitrogens is 1. The van der Waals surface area contributed by atoms with Gasteiger partial charge in [0.2, 0.25) is 0 Å². The van der Waals surface area contributed by atoms with Gasteiger partial charge in [-0.1, -0.05) is 6.92 Å². The van der Waals surface area contributed by atoms with Crippen LogP contribution in [0.1, 0.15) is 12.5 Å². The highest BCUT2D eigenvalue weighted by atomic mass is 16.5. The summed E-state index contributed by atoms with van der Waals surface area (Å²) in [6, 6.07) is 1.95. The van der Waals surface area contributed by atoms with Crippen molar-refractivity contribution >= 4 is 11.5 Å². The molecular weight excluding hydrogens is 190 g/mol. The van der Waals surface area contributed by atoms with Gasteiger partial charge in [0.1, 0.15) is 5.82 Å². The predicted molar refractivity (Wildman–Crippen MR) is 62.9 cm³/mol. The van der Waals surface area contributed by atoms with E-state index in [2.05, 4.69) is 17.2 Å². The normalized spacial score (nSPS) is 12.5. The van der Waals surface area contributed by atoms with Crippen LogP contribution in [0.3, 0.4) is 0 Å². The van der Waals surface area contributed by atoms with Crippen molar-refractivity contribution in [3.05, 3.63) is 17.8 Å². The zero-order chi connectivity index (χ0) is 11.3. The van der Waals surface area contributed by atoms with E-state index in [1.54, 1.807) is 13.3 Å². The third kappa shape index (κ3) is 3.75. The van der Waals surface area contributed by atoms with E-state index in [0.717, 1.165) is 30.2 Å². The molecule has 4 heteroatoms. The lowest BCUT2D eigenvalue weighted by atomic mass is 10.2. The molecular formula is C11H19N3O. The number of nitrogens with zero attached hydrogens (tertiary/aromatic N) is 1. The molecule has 0 saturated carbocycles. The molecule has 1 heterocycles. The summed E-state index contributed by atoms with van der Waals surface area (Å²) < 4.78 is 5.05. The molecule has 0 saturated heterocycles. The molecule has 0 spiro atoms. The standard InChI is InChI=1S/C11H19N3O/c1-8(7-15-3)5-13-11-4-9(2)10(12)6-14-11/h4,6,8H,5,7,12H2,1-3H3,(H,13,14). The first-order chi connectivity index (χ1) is 7.13. The molecule has 1 rings (SSSR count). The summed E-state index contributed by atoms with van der Waals surface area (Å²) in [5.74, 6) is 1.33. The van der Waals surface area contributed by atoms with E-state index < -0.39 is 0 Å². The largest absolute Gasteiger partial charge is 0.397 e. The van der Waals surface area contributed by atoms with Gasteiger partial charge < -0.3 is 15.8 Å². The van der Waals surface area contributed by atoms with Gasteiger partial charge in [-0.05, 0) is 24.5 Å². The Morgan fingerprint density at radius 1 is 1.60 bits per heavy atom. The summed E-state index contributed by atoms with van der Waals surface area (Å²) in [4.78, 5) is 4.19. The fourth-order valence-electron chi connectivity index (χ4n) is 1.29. The maximum atomic E-state index is 5.68. The number of nitrogen functional groups attached to an aromatic ring is 1. The summed E-state index contributed by atoms with van der Waals surface area (Å²) in [6.07, 6.45) is 1.68. The summed E-state index contributed by atoms with van der Waals surface area (Å²) in [5.41, 5.74) is 7.46. The van der Waals surface area contributed by atoms with Crippen LogP contribution in [0.15, 0.2) is 12.3 Å². The van der Waals surface area contributed by atoms with Gasteiger partial charge in [0.25, 0.3) is 0 Å². The van der Waals surface area contributed by atoms with Crippen LogP contribution in [-0.4, -0.2) is 25.2 Å². The van der Waals surface area contributed by atoms with Crippen LogP contribution in [0.25, 0.3) is 0 Å². The number of rotatable bonds is 5. The molecule has 15 heavy (non-hydrogen) atoms. The van der Waals surface area contributed by atoms with Crippen LogP contribution >= 0.6 is 0 Å². The quantitative estimate of drug-likeness (QED) is 0.774. The maximum absolute atomic E-state index is 5.68. The van der Waals surface area contributed by atoms with Gasteiger partial charge in [0.05, 0.1) is 18.5 Å². The molecule has 1 atom stereocenters. The monoisotopic (exact) mass is 209 g/mol. The van der Waals surface area contributed by atoms with Crippen molar-refractivity contribution in [2.45, 2.75) is 13.8 Å². The molecule has 0 aliphatic heterocycles. The van der Waals surface area contributed by atoms with Gasteiger partial charge in [0, 0.05) is 13.7 Å². The number of anilines is 2. The van der Waals surface area contributed by atoms with Crippen molar-refractivity contribution < 1.29 is 4.74 Å². The van der Waals surface area contributed by atoms with E-state index in [9.17, 15) is 0 Å². The number of ether oxygens (including phenoxy) is 1. The Bertz CT molecular complexity index is 315. The molecule has 0 radical (unpaired) electrons. The molecule has 0 aromatic carbocycles. The summed E-state index contributed by atoms with van der Waals surface area (Å²) in [5, 5.41) is 3.25. The van der Waals surface area contributed by atoms with Gasteiger partial charge in [-0.3, -0.25) is 0 Å². The molecule has 0 aliphatic rings. The van der Waals surface area contributed by atoms with Crippen LogP contribution in [-0.2, 0) is 4.74 Å². The Morgan fingerprint density at radius 2 is 2.33 bits per heavy atom. The van der Waals surface area contributed by atoms with Crippen LogP contribution < -0.4 is 11.1 Å². The molecule has 0 bridgehead atoms. The molecule has 1 aromatic rings. The molecule has 1 unspecified atom stereocenters. The first-order valence-corrected chi connectivity index (χ1v) is 5.08. The number of hydrogen-bond donors (Lipinski definition) is 2. The smallest absolute Gasteiger partial charge is 0.126 e. The fraction of sp³-hybridized carbons (Fsp3) is 0.545. The third-order valence-corrected chi connectivity index (χ3v) is 2.23. The van der Waals surface area contributed by atoms with Gasteiger partial charge >= 0.3 is 0 Å². The van der Waals surface area contributed by atoms with Gasteiger partial charge in [0.15, 0.2) is 0 Å². The van der Waals surface area contributed by atoms with Crippen molar-refractivity contribution in [3.8, 4) is 0 Å². The highest BCUT2D eigenvalue weighted by Crippen LogP contribution is 2.13. The molecule has 3 N–H and O–H groups in total. The molecule has 84 valence electrons. The lowest BCUT2D eigenvalue weighted by molar-refractivity contribution is 0.164. The number of nitrogens with two attached hydrogens (primary N) is 1. The molecule has 1 aromatic heterocycles. The Balaban J connectivity index is 2.47. The van der Waals surface area contributed by atoms with Crippen molar-refractivity contribution in [1.29, 1.82) is 0 Å². The number of methoxy groups -OCH3 is 1. The number of hydrogen-bond acceptors (Lipinski definition) is 4. The van der Waals surface area contributed by atoms with E-state index >= 15 is 0 Å². The average molecular weight is 209 g/mol. The second-order valence-corrected chi connectivity index (χ2v) is 3.87. The van der Waals surface area contributed by atoms with E-state index in [1.807, 2.05) is 13.0 Å². The molecule has 0 aliphatic carbocycles. The topological polar surface area (TPSA) is 60.2 Å². The van der Waals surface area contributed by atoms with Gasteiger partial charge in [-0.2, -0.15) is 0 Å². The first kappa shape index (κ1) is 11.8. The zero-order valence-corrected chi connectivity index (χ0v) is 9.58. The summed E-state index contributed by atoms with van der Waals surface area (Å²) >= 11 is 0. The SMILES string of the molecule is COCC(C)CNc1cc(C)c(N)cn1. The molecule has 4 nitrogen and oxygen atoms in total. The second-order valence-electron chi connectivity index (χ2n) is 3.87. The molecule has 0 amide bonds. The minimum atomic E-state index is 0.467. The van der Waals surface area contributed by atoms with Gasteiger partial charge in [-0.25, -0.2) is 4.98 Å². The van der Waals surface area contributed by atoms with E-state index in [0.29, 0.717) is 5.92 Å². The lowest BCUT2D eigenvalue weighted by Gasteiger charge is -2.12. The van der Waals surface area contributed by atoms with Crippen LogP contribution in [0.5, 0.6) is 0 Å². The second kappa shape index (κ2) is 5.56. The van der Waals surface area contributed by atoms with Gasteiger partial charge in [-0.15, -0.1) is 0 Å². The number of aryl methyl sites for hydroxylation is 1. The minimum Gasteiger partial charge on any atom is -0.397 e. The van der Waals surface area contributed by atoms with Crippen LogP contribution in [0.4, 0.5) is 11.5 Å². The average Bonchev–Trinajstić information content (AvgIpc) is 2.20. The van der Waals surface area contributed by atoms with E-state index in [-0.39, 0.29) is 0 Å². The fourth-order valence-corrected chi connectivity index (χ4v) is 1.29. The Hall–Kier alpha value is -1.29. The van der Waals surface area contributed by atoms with Crippen LogP contribution in [0.2, 0.25) is 0 Å². The lowest BCUT2D eigenvalue weighted by Crippen LogP contribution is -2.16. The van der Waals surface area contributed by atoms with Crippen molar-refractivity contribution in [3.63, 3.8) is 0 Å². The van der Waals surface area contributed by atoms with E-state index in [4.69, 9.17) is 10.5 Å². The highest BCUT2D eigenvalue weighted by Gasteiger charge is 2.02. The highest BCUT2D eigenvalue weighted by molar-refractivity contribution is 5.50. The van der Waals surface area contributed by atoms with Crippen molar-refractivity contribution in [2.75, 3.05) is 31.3 Å². The first-order valence-electron chi connectivity index (χ1n) is 5.08.